The number of primary amides is 1. The van der Waals surface area contributed by atoms with Crippen molar-refractivity contribution in [1.82, 2.24) is 4.90 Å². The monoisotopic (exact) mass is 269 g/mol. The van der Waals surface area contributed by atoms with Crippen LogP contribution in [0.2, 0.25) is 5.02 Å². The Balaban J connectivity index is 3.05. The van der Waals surface area contributed by atoms with Crippen molar-refractivity contribution in [3.05, 3.63) is 28.8 Å². The summed E-state index contributed by atoms with van der Waals surface area (Å²) in [5, 5.41) is 0.376. The molecule has 6 heteroatoms. The number of nitrogen functional groups attached to an aromatic ring is 1. The number of hydrogen-bond donors (Lipinski definition) is 2. The van der Waals surface area contributed by atoms with Crippen molar-refractivity contribution in [3.8, 4) is 0 Å². The van der Waals surface area contributed by atoms with Crippen LogP contribution in [-0.4, -0.2) is 29.3 Å². The molecule has 0 aliphatic rings. The number of benzene rings is 1. The molecule has 98 valence electrons. The Morgan fingerprint density at radius 3 is 2.39 bits per heavy atom. The van der Waals surface area contributed by atoms with Crippen molar-refractivity contribution in [2.24, 2.45) is 5.73 Å². The third-order valence-corrected chi connectivity index (χ3v) is 2.60. The lowest BCUT2D eigenvalue weighted by Crippen LogP contribution is -2.42. The molecule has 0 spiro atoms. The van der Waals surface area contributed by atoms with Crippen LogP contribution in [-0.2, 0) is 4.79 Å². The van der Waals surface area contributed by atoms with E-state index in [2.05, 4.69) is 0 Å². The number of hydrogen-bond acceptors (Lipinski definition) is 3. The first kappa shape index (κ1) is 14.3. The van der Waals surface area contributed by atoms with Gasteiger partial charge in [0, 0.05) is 22.3 Å². The maximum absolute atomic E-state index is 12.2. The van der Waals surface area contributed by atoms with Crippen LogP contribution in [0.3, 0.4) is 0 Å². The van der Waals surface area contributed by atoms with Crippen LogP contribution in [0.1, 0.15) is 24.2 Å². The standard InChI is InChI=1S/C12H16ClN3O2/c1-7(2)16(6-11(15)17)12(18)8-3-9(13)5-10(14)4-8/h3-5,7H,6,14H2,1-2H3,(H2,15,17). The van der Waals surface area contributed by atoms with E-state index in [1.807, 2.05) is 0 Å². The molecule has 0 saturated heterocycles. The van der Waals surface area contributed by atoms with Crippen molar-refractivity contribution in [2.45, 2.75) is 19.9 Å². The lowest BCUT2D eigenvalue weighted by Gasteiger charge is -2.25. The zero-order valence-corrected chi connectivity index (χ0v) is 11.1. The van der Waals surface area contributed by atoms with E-state index in [0.29, 0.717) is 16.3 Å². The van der Waals surface area contributed by atoms with Gasteiger partial charge in [-0.15, -0.1) is 0 Å². The molecule has 0 radical (unpaired) electrons. The fraction of sp³-hybridized carbons (Fsp3) is 0.333. The van der Waals surface area contributed by atoms with Gasteiger partial charge >= 0.3 is 0 Å². The Morgan fingerprint density at radius 2 is 1.94 bits per heavy atom. The average molecular weight is 270 g/mol. The molecule has 0 aromatic heterocycles. The van der Waals surface area contributed by atoms with Gasteiger partial charge in [-0.1, -0.05) is 11.6 Å². The number of carbonyl (C=O) groups is 2. The van der Waals surface area contributed by atoms with Gasteiger partial charge < -0.3 is 16.4 Å². The van der Waals surface area contributed by atoms with Gasteiger partial charge in [-0.3, -0.25) is 9.59 Å². The molecular formula is C12H16ClN3O2. The van der Waals surface area contributed by atoms with E-state index < -0.39 is 5.91 Å². The number of anilines is 1. The largest absolute Gasteiger partial charge is 0.399 e. The zero-order valence-electron chi connectivity index (χ0n) is 10.3. The predicted octanol–water partition coefficient (Wildman–Crippen LogP) is 1.26. The Hall–Kier alpha value is -1.75. The van der Waals surface area contributed by atoms with E-state index in [1.54, 1.807) is 19.9 Å². The normalized spacial score (nSPS) is 10.4. The predicted molar refractivity (Wildman–Crippen MR) is 71.2 cm³/mol. The van der Waals surface area contributed by atoms with Gasteiger partial charge in [0.2, 0.25) is 5.91 Å². The molecule has 1 aromatic rings. The number of amides is 2. The van der Waals surface area contributed by atoms with Crippen LogP contribution < -0.4 is 11.5 Å². The average Bonchev–Trinajstić information content (AvgIpc) is 2.23. The fourth-order valence-corrected chi connectivity index (χ4v) is 1.80. The third-order valence-electron chi connectivity index (χ3n) is 2.38. The molecule has 2 amide bonds. The molecule has 0 heterocycles. The number of carbonyl (C=O) groups excluding carboxylic acids is 2. The Kier molecular flexibility index (Phi) is 4.55. The van der Waals surface area contributed by atoms with E-state index >= 15 is 0 Å². The molecule has 0 aliphatic heterocycles. The second-order valence-corrected chi connectivity index (χ2v) is 4.70. The quantitative estimate of drug-likeness (QED) is 0.807. The van der Waals surface area contributed by atoms with Crippen molar-refractivity contribution >= 4 is 29.1 Å². The second-order valence-electron chi connectivity index (χ2n) is 4.27. The van der Waals surface area contributed by atoms with E-state index in [4.69, 9.17) is 23.1 Å². The fourth-order valence-electron chi connectivity index (χ4n) is 1.56. The molecule has 0 unspecified atom stereocenters. The molecule has 1 rings (SSSR count). The first-order valence-corrected chi connectivity index (χ1v) is 5.84. The first-order valence-electron chi connectivity index (χ1n) is 5.46. The van der Waals surface area contributed by atoms with Crippen molar-refractivity contribution in [1.29, 1.82) is 0 Å². The molecule has 5 nitrogen and oxygen atoms in total. The second kappa shape index (κ2) is 5.73. The van der Waals surface area contributed by atoms with E-state index in [9.17, 15) is 9.59 Å². The first-order chi connectivity index (χ1) is 8.31. The van der Waals surface area contributed by atoms with Gasteiger partial charge in [-0.05, 0) is 32.0 Å². The van der Waals surface area contributed by atoms with Crippen LogP contribution >= 0.6 is 11.6 Å². The highest BCUT2D eigenvalue weighted by molar-refractivity contribution is 6.31. The Labute approximate surface area is 111 Å². The van der Waals surface area contributed by atoms with Gasteiger partial charge in [0.05, 0.1) is 6.54 Å². The topological polar surface area (TPSA) is 89.4 Å². The minimum absolute atomic E-state index is 0.136. The molecular weight excluding hydrogens is 254 g/mol. The summed E-state index contributed by atoms with van der Waals surface area (Å²) in [5.74, 6) is -0.884. The minimum atomic E-state index is -0.563. The molecule has 18 heavy (non-hydrogen) atoms. The molecule has 4 N–H and O–H groups in total. The van der Waals surface area contributed by atoms with Crippen molar-refractivity contribution in [2.75, 3.05) is 12.3 Å². The van der Waals surface area contributed by atoms with E-state index in [0.717, 1.165) is 0 Å². The summed E-state index contributed by atoms with van der Waals surface area (Å²) in [5.41, 5.74) is 11.5. The maximum Gasteiger partial charge on any atom is 0.254 e. The van der Waals surface area contributed by atoms with Crippen LogP contribution in [0.25, 0.3) is 0 Å². The lowest BCUT2D eigenvalue weighted by molar-refractivity contribution is -0.119. The highest BCUT2D eigenvalue weighted by Crippen LogP contribution is 2.18. The number of nitrogens with two attached hydrogens (primary N) is 2. The summed E-state index contributed by atoms with van der Waals surface area (Å²) >= 11 is 5.84. The maximum atomic E-state index is 12.2. The SMILES string of the molecule is CC(C)N(CC(N)=O)C(=O)c1cc(N)cc(Cl)c1. The van der Waals surface area contributed by atoms with Crippen LogP contribution in [0.4, 0.5) is 5.69 Å². The number of rotatable bonds is 4. The van der Waals surface area contributed by atoms with Crippen LogP contribution in [0, 0.1) is 0 Å². The summed E-state index contributed by atoms with van der Waals surface area (Å²) in [7, 11) is 0. The summed E-state index contributed by atoms with van der Waals surface area (Å²) < 4.78 is 0. The minimum Gasteiger partial charge on any atom is -0.399 e. The molecule has 1 aromatic carbocycles. The molecule has 0 atom stereocenters. The third kappa shape index (κ3) is 3.63. The highest BCUT2D eigenvalue weighted by Gasteiger charge is 2.21. The summed E-state index contributed by atoms with van der Waals surface area (Å²) in [6, 6.07) is 4.43. The zero-order chi connectivity index (χ0) is 13.9. The molecule has 0 saturated carbocycles. The summed E-state index contributed by atoms with van der Waals surface area (Å²) in [4.78, 5) is 24.6. The van der Waals surface area contributed by atoms with E-state index in [-0.39, 0.29) is 18.5 Å². The number of halogens is 1. The number of nitrogens with zero attached hydrogens (tertiary/aromatic N) is 1. The molecule has 0 aliphatic carbocycles. The lowest BCUT2D eigenvalue weighted by atomic mass is 10.1. The van der Waals surface area contributed by atoms with Gasteiger partial charge in [0.25, 0.3) is 5.91 Å². The molecule has 0 bridgehead atoms. The Morgan fingerprint density at radius 1 is 1.33 bits per heavy atom. The summed E-state index contributed by atoms with van der Waals surface area (Å²) in [6.07, 6.45) is 0. The van der Waals surface area contributed by atoms with Gasteiger partial charge in [0.15, 0.2) is 0 Å². The van der Waals surface area contributed by atoms with Gasteiger partial charge in [-0.25, -0.2) is 0 Å². The van der Waals surface area contributed by atoms with Gasteiger partial charge in [-0.2, -0.15) is 0 Å². The Bertz CT molecular complexity index is 454. The summed E-state index contributed by atoms with van der Waals surface area (Å²) in [6.45, 7) is 3.46. The smallest absolute Gasteiger partial charge is 0.254 e. The van der Waals surface area contributed by atoms with Gasteiger partial charge in [0.1, 0.15) is 0 Å². The van der Waals surface area contributed by atoms with Crippen LogP contribution in [0.15, 0.2) is 18.2 Å². The highest BCUT2D eigenvalue weighted by atomic mass is 35.5. The van der Waals surface area contributed by atoms with Crippen molar-refractivity contribution in [3.63, 3.8) is 0 Å². The molecule has 0 fully saturated rings. The van der Waals surface area contributed by atoms with Crippen LogP contribution in [0.5, 0.6) is 0 Å². The van der Waals surface area contributed by atoms with Crippen molar-refractivity contribution < 1.29 is 9.59 Å². The van der Waals surface area contributed by atoms with E-state index in [1.165, 1.54) is 17.0 Å².